The normalized spacial score (nSPS) is 15.0. The van der Waals surface area contributed by atoms with Crippen LogP contribution in [0.25, 0.3) is 0 Å². The number of hydrogen-bond acceptors (Lipinski definition) is 5. The van der Waals surface area contributed by atoms with Crippen molar-refractivity contribution >= 4 is 11.8 Å². The Hall–Kier alpha value is -2.85. The Morgan fingerprint density at radius 3 is 2.62 bits per heavy atom. The van der Waals surface area contributed by atoms with Gasteiger partial charge >= 0.3 is 0 Å². The number of nitrogens with one attached hydrogen (secondary N) is 3. The summed E-state index contributed by atoms with van der Waals surface area (Å²) in [6.45, 7) is 2.00. The van der Waals surface area contributed by atoms with Crippen LogP contribution in [0, 0.1) is 17.2 Å². The SMILES string of the molecule is COc1ccc(CCNC(=O)/C(C#N)=C\NC(=O)C2CCNCC2)cc1. The van der Waals surface area contributed by atoms with E-state index in [-0.39, 0.29) is 17.4 Å². The smallest absolute Gasteiger partial charge is 0.263 e. The molecule has 3 N–H and O–H groups in total. The van der Waals surface area contributed by atoms with Crippen molar-refractivity contribution in [2.45, 2.75) is 19.3 Å². The first-order valence-electron chi connectivity index (χ1n) is 8.66. The predicted molar refractivity (Wildman–Crippen MR) is 97.1 cm³/mol. The zero-order chi connectivity index (χ0) is 18.8. The van der Waals surface area contributed by atoms with Gasteiger partial charge in [0.25, 0.3) is 5.91 Å². The van der Waals surface area contributed by atoms with Crippen molar-refractivity contribution in [2.75, 3.05) is 26.7 Å². The molecule has 1 saturated heterocycles. The van der Waals surface area contributed by atoms with Gasteiger partial charge in [-0.05, 0) is 50.0 Å². The molecule has 0 aliphatic carbocycles. The van der Waals surface area contributed by atoms with Crippen LogP contribution in [0.2, 0.25) is 0 Å². The molecular weight excluding hydrogens is 332 g/mol. The maximum absolute atomic E-state index is 12.1. The fourth-order valence-corrected chi connectivity index (χ4v) is 2.70. The first-order chi connectivity index (χ1) is 12.6. The van der Waals surface area contributed by atoms with Crippen molar-refractivity contribution in [3.63, 3.8) is 0 Å². The molecule has 0 bridgehead atoms. The lowest BCUT2D eigenvalue weighted by molar-refractivity contribution is -0.124. The molecule has 138 valence electrons. The monoisotopic (exact) mass is 356 g/mol. The van der Waals surface area contributed by atoms with E-state index in [1.54, 1.807) is 7.11 Å². The van der Waals surface area contributed by atoms with Gasteiger partial charge in [0.1, 0.15) is 17.4 Å². The highest BCUT2D eigenvalue weighted by Gasteiger charge is 2.20. The molecule has 2 amide bonds. The summed E-state index contributed by atoms with van der Waals surface area (Å²) in [5.41, 5.74) is 0.940. The second-order valence-corrected chi connectivity index (χ2v) is 6.06. The van der Waals surface area contributed by atoms with Crippen molar-refractivity contribution in [3.05, 3.63) is 41.6 Å². The lowest BCUT2D eigenvalue weighted by Gasteiger charge is -2.20. The zero-order valence-corrected chi connectivity index (χ0v) is 14.9. The first-order valence-corrected chi connectivity index (χ1v) is 8.66. The van der Waals surface area contributed by atoms with Crippen LogP contribution in [0.5, 0.6) is 5.75 Å². The molecule has 7 nitrogen and oxygen atoms in total. The fourth-order valence-electron chi connectivity index (χ4n) is 2.70. The predicted octanol–water partition coefficient (Wildman–Crippen LogP) is 0.877. The molecule has 0 atom stereocenters. The van der Waals surface area contributed by atoms with E-state index in [0.29, 0.717) is 13.0 Å². The number of nitriles is 1. The minimum atomic E-state index is -0.494. The molecule has 1 aromatic carbocycles. The van der Waals surface area contributed by atoms with Crippen LogP contribution in [0.15, 0.2) is 36.0 Å². The van der Waals surface area contributed by atoms with E-state index in [4.69, 9.17) is 10.00 Å². The van der Waals surface area contributed by atoms with Gasteiger partial charge in [0.15, 0.2) is 0 Å². The summed E-state index contributed by atoms with van der Waals surface area (Å²) in [6.07, 6.45) is 3.36. The Bertz CT molecular complexity index is 686. The summed E-state index contributed by atoms with van der Waals surface area (Å²) >= 11 is 0. The molecule has 26 heavy (non-hydrogen) atoms. The van der Waals surface area contributed by atoms with Crippen molar-refractivity contribution in [1.29, 1.82) is 5.26 Å². The number of methoxy groups -OCH3 is 1. The Kier molecular flexibility index (Phi) is 7.65. The van der Waals surface area contributed by atoms with E-state index >= 15 is 0 Å². The zero-order valence-electron chi connectivity index (χ0n) is 14.9. The molecule has 0 unspecified atom stereocenters. The molecule has 1 aliphatic heterocycles. The third-order valence-corrected chi connectivity index (χ3v) is 4.29. The van der Waals surface area contributed by atoms with Gasteiger partial charge in [-0.1, -0.05) is 12.1 Å². The van der Waals surface area contributed by atoms with Gasteiger partial charge in [0.05, 0.1) is 7.11 Å². The van der Waals surface area contributed by atoms with Crippen LogP contribution in [0.1, 0.15) is 18.4 Å². The van der Waals surface area contributed by atoms with Crippen LogP contribution >= 0.6 is 0 Å². The molecule has 7 heteroatoms. The summed E-state index contributed by atoms with van der Waals surface area (Å²) in [5.74, 6) is 0.0551. The average Bonchev–Trinajstić information content (AvgIpc) is 2.69. The summed E-state index contributed by atoms with van der Waals surface area (Å²) in [6, 6.07) is 9.38. The topological polar surface area (TPSA) is 103 Å². The highest BCUT2D eigenvalue weighted by Crippen LogP contribution is 2.12. The van der Waals surface area contributed by atoms with Gasteiger partial charge in [-0.2, -0.15) is 5.26 Å². The lowest BCUT2D eigenvalue weighted by Crippen LogP contribution is -2.37. The highest BCUT2D eigenvalue weighted by atomic mass is 16.5. The van der Waals surface area contributed by atoms with Crippen LogP contribution in [0.3, 0.4) is 0 Å². The molecule has 0 radical (unpaired) electrons. The van der Waals surface area contributed by atoms with Gasteiger partial charge in [-0.15, -0.1) is 0 Å². The first kappa shape index (κ1) is 19.5. The van der Waals surface area contributed by atoms with Gasteiger partial charge in [-0.3, -0.25) is 9.59 Å². The van der Waals surface area contributed by atoms with E-state index in [0.717, 1.165) is 37.2 Å². The molecular formula is C19H24N4O3. The maximum Gasteiger partial charge on any atom is 0.263 e. The third kappa shape index (κ3) is 5.90. The van der Waals surface area contributed by atoms with Crippen LogP contribution < -0.4 is 20.7 Å². The maximum atomic E-state index is 12.1. The quantitative estimate of drug-likeness (QED) is 0.497. The molecule has 0 spiro atoms. The Balaban J connectivity index is 1.79. The minimum Gasteiger partial charge on any atom is -0.497 e. The van der Waals surface area contributed by atoms with Crippen molar-refractivity contribution in [2.24, 2.45) is 5.92 Å². The average molecular weight is 356 g/mol. The van der Waals surface area contributed by atoms with E-state index in [1.165, 1.54) is 6.20 Å². The van der Waals surface area contributed by atoms with Gasteiger partial charge in [0, 0.05) is 18.7 Å². The Morgan fingerprint density at radius 2 is 2.00 bits per heavy atom. The minimum absolute atomic E-state index is 0.0782. The second kappa shape index (κ2) is 10.2. The van der Waals surface area contributed by atoms with Crippen molar-refractivity contribution in [1.82, 2.24) is 16.0 Å². The molecule has 1 aliphatic rings. The number of ether oxygens (including phenoxy) is 1. The van der Waals surface area contributed by atoms with E-state index in [2.05, 4.69) is 16.0 Å². The Morgan fingerprint density at radius 1 is 1.31 bits per heavy atom. The van der Waals surface area contributed by atoms with Crippen LogP contribution in [-0.2, 0) is 16.0 Å². The van der Waals surface area contributed by atoms with E-state index in [1.807, 2.05) is 30.3 Å². The standard InChI is InChI=1S/C19H24N4O3/c1-26-17-4-2-14(3-5-17)6-11-22-19(25)16(12-20)13-23-18(24)15-7-9-21-10-8-15/h2-5,13,15,21H,6-11H2,1H3,(H,22,25)(H,23,24)/b16-13-. The van der Waals surface area contributed by atoms with Crippen LogP contribution in [-0.4, -0.2) is 38.6 Å². The van der Waals surface area contributed by atoms with Crippen molar-refractivity contribution < 1.29 is 14.3 Å². The highest BCUT2D eigenvalue weighted by molar-refractivity contribution is 5.97. The van der Waals surface area contributed by atoms with Crippen molar-refractivity contribution in [3.8, 4) is 11.8 Å². The summed E-state index contributed by atoms with van der Waals surface area (Å²) in [4.78, 5) is 24.1. The number of nitrogens with zero attached hydrogens (tertiary/aromatic N) is 1. The lowest BCUT2D eigenvalue weighted by atomic mass is 9.97. The second-order valence-electron chi connectivity index (χ2n) is 6.06. The number of carbonyl (C=O) groups is 2. The number of amides is 2. The molecule has 1 aromatic rings. The number of rotatable bonds is 7. The summed E-state index contributed by atoms with van der Waals surface area (Å²) < 4.78 is 5.10. The number of hydrogen-bond donors (Lipinski definition) is 3. The van der Waals surface area contributed by atoms with Gasteiger partial charge < -0.3 is 20.7 Å². The third-order valence-electron chi connectivity index (χ3n) is 4.29. The summed E-state index contributed by atoms with van der Waals surface area (Å²) in [5, 5.41) is 17.6. The fraction of sp³-hybridized carbons (Fsp3) is 0.421. The molecule has 1 heterocycles. The van der Waals surface area contributed by atoms with E-state index in [9.17, 15) is 9.59 Å². The number of piperidine rings is 1. The molecule has 0 saturated carbocycles. The number of carbonyl (C=O) groups excluding carboxylic acids is 2. The molecule has 2 rings (SSSR count). The molecule has 1 fully saturated rings. The van der Waals surface area contributed by atoms with Gasteiger partial charge in [-0.25, -0.2) is 0 Å². The Labute approximate surface area is 153 Å². The van der Waals surface area contributed by atoms with E-state index < -0.39 is 5.91 Å². The largest absolute Gasteiger partial charge is 0.497 e. The van der Waals surface area contributed by atoms with Crippen LogP contribution in [0.4, 0.5) is 0 Å². The number of benzene rings is 1. The molecule has 0 aromatic heterocycles. The van der Waals surface area contributed by atoms with Gasteiger partial charge in [0.2, 0.25) is 5.91 Å². The summed E-state index contributed by atoms with van der Waals surface area (Å²) in [7, 11) is 1.61.